The Morgan fingerprint density at radius 3 is 2.36 bits per heavy atom. The van der Waals surface area contributed by atoms with Crippen molar-refractivity contribution in [1.29, 1.82) is 0 Å². The molecule has 1 nitrogen and oxygen atoms in total. The van der Waals surface area contributed by atoms with Crippen LogP contribution < -0.4 is 0 Å². The van der Waals surface area contributed by atoms with Crippen LogP contribution in [0.3, 0.4) is 0 Å². The first-order valence-corrected chi connectivity index (χ1v) is 6.10. The van der Waals surface area contributed by atoms with Crippen molar-refractivity contribution in [2.24, 2.45) is 0 Å². The molecular formula is C8H16OS2. The highest BCUT2D eigenvalue weighted by Gasteiger charge is 2.15. The van der Waals surface area contributed by atoms with Gasteiger partial charge in [0.1, 0.15) is 5.78 Å². The number of hydrogen-bond acceptors (Lipinski definition) is 3. The zero-order chi connectivity index (χ0) is 8.91. The van der Waals surface area contributed by atoms with Crippen LogP contribution in [0.4, 0.5) is 0 Å². The van der Waals surface area contributed by atoms with Gasteiger partial charge in [0.05, 0.1) is 5.75 Å². The summed E-state index contributed by atoms with van der Waals surface area (Å²) in [5, 5.41) is 0. The maximum Gasteiger partial charge on any atom is 0.140 e. The van der Waals surface area contributed by atoms with Crippen LogP contribution >= 0.6 is 21.6 Å². The van der Waals surface area contributed by atoms with Crippen molar-refractivity contribution >= 4 is 27.4 Å². The second-order valence-electron chi connectivity index (χ2n) is 3.16. The molecule has 0 heterocycles. The molecule has 0 aromatic rings. The van der Waals surface area contributed by atoms with Gasteiger partial charge in [0, 0.05) is 4.75 Å². The third-order valence-electron chi connectivity index (χ3n) is 1.40. The predicted octanol–water partition coefficient (Wildman–Crippen LogP) is 3.15. The van der Waals surface area contributed by atoms with Crippen molar-refractivity contribution in [2.75, 3.05) is 5.75 Å². The van der Waals surface area contributed by atoms with Crippen molar-refractivity contribution in [3.8, 4) is 0 Å². The van der Waals surface area contributed by atoms with Gasteiger partial charge in [0.25, 0.3) is 0 Å². The lowest BCUT2D eigenvalue weighted by Crippen LogP contribution is -2.10. The van der Waals surface area contributed by atoms with E-state index in [1.807, 2.05) is 0 Å². The minimum absolute atomic E-state index is 0.259. The number of carbonyl (C=O) groups is 1. The van der Waals surface area contributed by atoms with Crippen LogP contribution in [-0.4, -0.2) is 16.3 Å². The third kappa shape index (κ3) is 6.76. The average molecular weight is 192 g/mol. The molecule has 0 aromatic heterocycles. The molecule has 0 amide bonds. The van der Waals surface area contributed by atoms with E-state index in [-0.39, 0.29) is 5.78 Å². The van der Waals surface area contributed by atoms with E-state index in [0.29, 0.717) is 10.5 Å². The van der Waals surface area contributed by atoms with Gasteiger partial charge in [-0.15, -0.1) is 0 Å². The zero-order valence-corrected chi connectivity index (χ0v) is 9.27. The Morgan fingerprint density at radius 2 is 2.00 bits per heavy atom. The molecule has 0 aliphatic heterocycles. The Labute approximate surface area is 77.1 Å². The molecule has 0 aliphatic rings. The van der Waals surface area contributed by atoms with E-state index in [4.69, 9.17) is 0 Å². The molecule has 0 bridgehead atoms. The van der Waals surface area contributed by atoms with Crippen LogP contribution in [-0.2, 0) is 4.79 Å². The third-order valence-corrected chi connectivity index (χ3v) is 4.84. The molecule has 0 spiro atoms. The highest BCUT2D eigenvalue weighted by atomic mass is 33.1. The van der Waals surface area contributed by atoms with Crippen LogP contribution in [0.5, 0.6) is 0 Å². The van der Waals surface area contributed by atoms with Gasteiger partial charge in [-0.2, -0.15) is 0 Å². The van der Waals surface area contributed by atoms with E-state index in [2.05, 4.69) is 20.8 Å². The summed E-state index contributed by atoms with van der Waals surface area (Å²) < 4.78 is 0.306. The molecule has 0 radical (unpaired) electrons. The fourth-order valence-electron chi connectivity index (χ4n) is 0.331. The number of ketones is 1. The van der Waals surface area contributed by atoms with Gasteiger partial charge in [0.15, 0.2) is 0 Å². The smallest absolute Gasteiger partial charge is 0.140 e. The van der Waals surface area contributed by atoms with Crippen molar-refractivity contribution in [2.45, 2.75) is 38.9 Å². The van der Waals surface area contributed by atoms with E-state index in [1.54, 1.807) is 28.5 Å². The molecule has 3 heteroatoms. The van der Waals surface area contributed by atoms with E-state index >= 15 is 0 Å². The largest absolute Gasteiger partial charge is 0.299 e. The SMILES string of the molecule is CCC(C)(C)SSCC(C)=O. The normalized spacial score (nSPS) is 11.6. The Kier molecular flexibility index (Phi) is 5.26. The van der Waals surface area contributed by atoms with Gasteiger partial charge in [-0.25, -0.2) is 0 Å². The van der Waals surface area contributed by atoms with Crippen LogP contribution in [0.15, 0.2) is 0 Å². The van der Waals surface area contributed by atoms with Gasteiger partial charge >= 0.3 is 0 Å². The van der Waals surface area contributed by atoms with Gasteiger partial charge in [0.2, 0.25) is 0 Å². The molecule has 0 aromatic carbocycles. The van der Waals surface area contributed by atoms with Gasteiger partial charge < -0.3 is 0 Å². The Bertz CT molecular complexity index is 132. The highest BCUT2D eigenvalue weighted by Crippen LogP contribution is 2.37. The molecule has 0 saturated heterocycles. The van der Waals surface area contributed by atoms with Crippen LogP contribution in [0.1, 0.15) is 34.1 Å². The molecule has 0 aliphatic carbocycles. The summed E-state index contributed by atoms with van der Waals surface area (Å²) >= 11 is 0. The fraction of sp³-hybridized carbons (Fsp3) is 0.875. The van der Waals surface area contributed by atoms with Crippen LogP contribution in [0.2, 0.25) is 0 Å². The number of Topliss-reactive ketones (excluding diaryl/α,β-unsaturated/α-hetero) is 1. The summed E-state index contributed by atoms with van der Waals surface area (Å²) in [6.07, 6.45) is 1.14. The summed E-state index contributed by atoms with van der Waals surface area (Å²) in [5.41, 5.74) is 0. The summed E-state index contributed by atoms with van der Waals surface area (Å²) in [6, 6.07) is 0. The number of rotatable bonds is 5. The first-order chi connectivity index (χ1) is 4.98. The Balaban J connectivity index is 3.45. The fourth-order valence-corrected chi connectivity index (χ4v) is 2.98. The summed E-state index contributed by atoms with van der Waals surface area (Å²) in [4.78, 5) is 10.6. The summed E-state index contributed by atoms with van der Waals surface area (Å²) in [5.74, 6) is 0.892. The van der Waals surface area contributed by atoms with E-state index in [0.717, 1.165) is 6.42 Å². The molecule has 0 unspecified atom stereocenters. The minimum Gasteiger partial charge on any atom is -0.299 e. The first kappa shape index (κ1) is 11.4. The Morgan fingerprint density at radius 1 is 1.45 bits per heavy atom. The van der Waals surface area contributed by atoms with Crippen LogP contribution in [0.25, 0.3) is 0 Å². The summed E-state index contributed by atoms with van der Waals surface area (Å²) in [6.45, 7) is 8.20. The zero-order valence-electron chi connectivity index (χ0n) is 7.64. The molecule has 11 heavy (non-hydrogen) atoms. The maximum absolute atomic E-state index is 10.6. The second-order valence-corrected chi connectivity index (χ2v) is 6.16. The minimum atomic E-state index is 0.259. The monoisotopic (exact) mass is 192 g/mol. The second kappa shape index (κ2) is 5.09. The highest BCUT2D eigenvalue weighted by molar-refractivity contribution is 8.77. The molecule has 0 fully saturated rings. The van der Waals surface area contributed by atoms with Crippen LogP contribution in [0, 0.1) is 0 Å². The van der Waals surface area contributed by atoms with Gasteiger partial charge in [-0.3, -0.25) is 4.79 Å². The average Bonchev–Trinajstić information content (AvgIpc) is 1.87. The van der Waals surface area contributed by atoms with Crippen molar-refractivity contribution in [3.63, 3.8) is 0 Å². The van der Waals surface area contributed by atoms with Crippen molar-refractivity contribution in [3.05, 3.63) is 0 Å². The molecule has 0 rings (SSSR count). The van der Waals surface area contributed by atoms with Gasteiger partial charge in [-0.1, -0.05) is 28.5 Å². The number of carbonyl (C=O) groups excluding carboxylic acids is 1. The summed E-state index contributed by atoms with van der Waals surface area (Å²) in [7, 11) is 3.46. The lowest BCUT2D eigenvalue weighted by atomic mass is 10.1. The molecule has 0 saturated carbocycles. The molecular weight excluding hydrogens is 176 g/mol. The lowest BCUT2D eigenvalue weighted by Gasteiger charge is -2.20. The van der Waals surface area contributed by atoms with Crippen molar-refractivity contribution < 1.29 is 4.79 Å². The predicted molar refractivity (Wildman–Crippen MR) is 55.1 cm³/mol. The Hall–Kier alpha value is 0.370. The molecule has 0 N–H and O–H groups in total. The van der Waals surface area contributed by atoms with Crippen molar-refractivity contribution in [1.82, 2.24) is 0 Å². The molecule has 66 valence electrons. The first-order valence-electron chi connectivity index (χ1n) is 3.78. The van der Waals surface area contributed by atoms with E-state index in [1.165, 1.54) is 0 Å². The number of hydrogen-bond donors (Lipinski definition) is 0. The van der Waals surface area contributed by atoms with E-state index in [9.17, 15) is 4.79 Å². The van der Waals surface area contributed by atoms with Gasteiger partial charge in [-0.05, 0) is 27.2 Å². The maximum atomic E-state index is 10.6. The molecule has 0 atom stereocenters. The standard InChI is InChI=1S/C8H16OS2/c1-5-8(3,4)11-10-6-7(2)9/h5-6H2,1-4H3. The van der Waals surface area contributed by atoms with E-state index < -0.39 is 0 Å². The topological polar surface area (TPSA) is 17.1 Å². The quantitative estimate of drug-likeness (QED) is 0.623. The lowest BCUT2D eigenvalue weighted by molar-refractivity contribution is -0.114.